The number of carboxylic acid groups (broad SMARTS) is 1. The van der Waals surface area contributed by atoms with Gasteiger partial charge in [0.25, 0.3) is 5.92 Å². The van der Waals surface area contributed by atoms with Crippen LogP contribution in [0.15, 0.2) is 0 Å². The number of halogens is 5. The van der Waals surface area contributed by atoms with Crippen molar-refractivity contribution >= 4 is 5.97 Å². The molecule has 0 aromatic rings. The first-order valence-electron chi connectivity index (χ1n) is 4.36. The van der Waals surface area contributed by atoms with Crippen LogP contribution in [-0.4, -0.2) is 36.4 Å². The SMILES string of the molecule is O=C(O)C1(CC(F)(F)F)CCOCC1(F)F. The number of rotatable bonds is 2. The fourth-order valence-electron chi connectivity index (χ4n) is 1.67. The van der Waals surface area contributed by atoms with Gasteiger partial charge in [0.05, 0.1) is 6.42 Å². The molecule has 0 saturated carbocycles. The van der Waals surface area contributed by atoms with Crippen molar-refractivity contribution in [3.05, 3.63) is 0 Å². The molecule has 3 nitrogen and oxygen atoms in total. The van der Waals surface area contributed by atoms with Gasteiger partial charge < -0.3 is 9.84 Å². The molecule has 0 aromatic carbocycles. The number of alkyl halides is 5. The normalized spacial score (nSPS) is 30.1. The van der Waals surface area contributed by atoms with Crippen molar-refractivity contribution < 1.29 is 36.6 Å². The fraction of sp³-hybridized carbons (Fsp3) is 0.875. The van der Waals surface area contributed by atoms with Crippen molar-refractivity contribution in [1.29, 1.82) is 0 Å². The zero-order valence-electron chi connectivity index (χ0n) is 7.98. The van der Waals surface area contributed by atoms with E-state index in [1.807, 2.05) is 0 Å². The van der Waals surface area contributed by atoms with E-state index in [1.165, 1.54) is 0 Å². The van der Waals surface area contributed by atoms with E-state index in [-0.39, 0.29) is 0 Å². The molecule has 0 bridgehead atoms. The van der Waals surface area contributed by atoms with E-state index < -0.39 is 49.5 Å². The highest BCUT2D eigenvalue weighted by atomic mass is 19.4. The Labute approximate surface area is 87.2 Å². The molecule has 1 unspecified atom stereocenters. The van der Waals surface area contributed by atoms with Crippen LogP contribution in [0.3, 0.4) is 0 Å². The summed E-state index contributed by atoms with van der Waals surface area (Å²) in [5.74, 6) is -6.16. The molecule has 1 N–H and O–H groups in total. The van der Waals surface area contributed by atoms with Gasteiger partial charge in [0.2, 0.25) is 0 Å². The molecule has 0 spiro atoms. The van der Waals surface area contributed by atoms with Crippen molar-refractivity contribution in [2.45, 2.75) is 24.9 Å². The summed E-state index contributed by atoms with van der Waals surface area (Å²) < 4.78 is 67.4. The van der Waals surface area contributed by atoms with E-state index in [1.54, 1.807) is 0 Å². The molecule has 1 aliphatic heterocycles. The fourth-order valence-corrected chi connectivity index (χ4v) is 1.67. The Bertz CT molecular complexity index is 288. The maximum atomic E-state index is 13.3. The Balaban J connectivity index is 3.08. The molecule has 0 radical (unpaired) electrons. The molecule has 8 heteroatoms. The molecule has 16 heavy (non-hydrogen) atoms. The van der Waals surface area contributed by atoms with Gasteiger partial charge in [-0.2, -0.15) is 13.2 Å². The molecular weight excluding hydrogens is 239 g/mol. The summed E-state index contributed by atoms with van der Waals surface area (Å²) in [5.41, 5.74) is -3.11. The molecule has 1 aliphatic rings. The van der Waals surface area contributed by atoms with E-state index in [0.717, 1.165) is 0 Å². The highest BCUT2D eigenvalue weighted by Gasteiger charge is 2.64. The molecule has 0 amide bonds. The molecule has 1 rings (SSSR count). The third-order valence-electron chi connectivity index (χ3n) is 2.57. The summed E-state index contributed by atoms with van der Waals surface area (Å²) in [6.07, 6.45) is -7.86. The van der Waals surface area contributed by atoms with Crippen molar-refractivity contribution in [3.63, 3.8) is 0 Å². The van der Waals surface area contributed by atoms with Crippen molar-refractivity contribution in [2.75, 3.05) is 13.2 Å². The van der Waals surface area contributed by atoms with Crippen LogP contribution in [0.4, 0.5) is 22.0 Å². The molecular formula is C8H9F5O3. The number of hydrogen-bond acceptors (Lipinski definition) is 2. The van der Waals surface area contributed by atoms with Crippen LogP contribution >= 0.6 is 0 Å². The van der Waals surface area contributed by atoms with E-state index in [0.29, 0.717) is 0 Å². The van der Waals surface area contributed by atoms with Crippen molar-refractivity contribution in [3.8, 4) is 0 Å². The number of aliphatic carboxylic acids is 1. The average molecular weight is 248 g/mol. The van der Waals surface area contributed by atoms with Gasteiger partial charge in [-0.1, -0.05) is 0 Å². The molecule has 1 saturated heterocycles. The Hall–Kier alpha value is -0.920. The molecule has 1 atom stereocenters. The quantitative estimate of drug-likeness (QED) is 0.761. The Morgan fingerprint density at radius 1 is 1.38 bits per heavy atom. The van der Waals surface area contributed by atoms with Crippen LogP contribution in [0.2, 0.25) is 0 Å². The lowest BCUT2D eigenvalue weighted by Gasteiger charge is -2.40. The number of carbonyl (C=O) groups is 1. The second kappa shape index (κ2) is 3.83. The van der Waals surface area contributed by atoms with Crippen LogP contribution in [-0.2, 0) is 9.53 Å². The smallest absolute Gasteiger partial charge is 0.390 e. The summed E-state index contributed by atoms with van der Waals surface area (Å²) in [6, 6.07) is 0. The lowest BCUT2D eigenvalue weighted by molar-refractivity contribution is -0.252. The monoisotopic (exact) mass is 248 g/mol. The number of hydrogen-bond donors (Lipinski definition) is 1. The van der Waals surface area contributed by atoms with E-state index >= 15 is 0 Å². The zero-order valence-corrected chi connectivity index (χ0v) is 7.98. The van der Waals surface area contributed by atoms with Crippen LogP contribution in [0.5, 0.6) is 0 Å². The van der Waals surface area contributed by atoms with Gasteiger partial charge in [-0.05, 0) is 6.42 Å². The first kappa shape index (κ1) is 13.1. The average Bonchev–Trinajstić information content (AvgIpc) is 2.06. The summed E-state index contributed by atoms with van der Waals surface area (Å²) in [5, 5.41) is 8.65. The van der Waals surface area contributed by atoms with Crippen LogP contribution in [0.1, 0.15) is 12.8 Å². The van der Waals surface area contributed by atoms with Gasteiger partial charge in [0.15, 0.2) is 0 Å². The largest absolute Gasteiger partial charge is 0.481 e. The molecule has 1 heterocycles. The highest BCUT2D eigenvalue weighted by molar-refractivity contribution is 5.76. The van der Waals surface area contributed by atoms with Crippen LogP contribution in [0, 0.1) is 5.41 Å². The number of ether oxygens (including phenoxy) is 1. The van der Waals surface area contributed by atoms with E-state index in [2.05, 4.69) is 4.74 Å². The minimum Gasteiger partial charge on any atom is -0.481 e. The molecule has 94 valence electrons. The third kappa shape index (κ3) is 2.26. The van der Waals surface area contributed by atoms with Gasteiger partial charge >= 0.3 is 12.1 Å². The minimum absolute atomic E-state index is 0.419. The first-order chi connectivity index (χ1) is 7.11. The molecule has 1 fully saturated rings. The van der Waals surface area contributed by atoms with Gasteiger partial charge in [-0.25, -0.2) is 8.78 Å². The lowest BCUT2D eigenvalue weighted by atomic mass is 9.74. The van der Waals surface area contributed by atoms with Gasteiger partial charge in [-0.3, -0.25) is 4.79 Å². The van der Waals surface area contributed by atoms with Crippen LogP contribution in [0.25, 0.3) is 0 Å². The first-order valence-corrected chi connectivity index (χ1v) is 4.36. The Kier molecular flexibility index (Phi) is 3.15. The van der Waals surface area contributed by atoms with Crippen molar-refractivity contribution in [1.82, 2.24) is 0 Å². The summed E-state index contributed by atoms with van der Waals surface area (Å²) in [6.45, 7) is -1.71. The number of carboxylic acids is 1. The maximum absolute atomic E-state index is 13.3. The third-order valence-corrected chi connectivity index (χ3v) is 2.57. The molecule has 0 aliphatic carbocycles. The maximum Gasteiger partial charge on any atom is 0.390 e. The highest BCUT2D eigenvalue weighted by Crippen LogP contribution is 2.49. The second-order valence-corrected chi connectivity index (χ2v) is 3.69. The Morgan fingerprint density at radius 3 is 2.31 bits per heavy atom. The van der Waals surface area contributed by atoms with Crippen molar-refractivity contribution in [2.24, 2.45) is 5.41 Å². The predicted molar refractivity (Wildman–Crippen MR) is 41.1 cm³/mol. The summed E-state index contributed by atoms with van der Waals surface area (Å²) in [4.78, 5) is 10.7. The second-order valence-electron chi connectivity index (χ2n) is 3.69. The van der Waals surface area contributed by atoms with Gasteiger partial charge in [-0.15, -0.1) is 0 Å². The predicted octanol–water partition coefficient (Wildman–Crippen LogP) is 2.07. The Morgan fingerprint density at radius 2 is 1.94 bits per heavy atom. The topological polar surface area (TPSA) is 46.5 Å². The molecule has 0 aromatic heterocycles. The zero-order chi connectivity index (χ0) is 12.6. The van der Waals surface area contributed by atoms with Gasteiger partial charge in [0, 0.05) is 6.61 Å². The van der Waals surface area contributed by atoms with E-state index in [9.17, 15) is 26.7 Å². The van der Waals surface area contributed by atoms with E-state index in [4.69, 9.17) is 5.11 Å². The minimum atomic E-state index is -4.96. The van der Waals surface area contributed by atoms with Crippen LogP contribution < -0.4 is 0 Å². The summed E-state index contributed by atoms with van der Waals surface area (Å²) in [7, 11) is 0. The van der Waals surface area contributed by atoms with Gasteiger partial charge in [0.1, 0.15) is 12.0 Å². The standard InChI is InChI=1S/C8H9F5O3/c9-7(10)4-16-2-1-6(7,5(14)15)3-8(11,12)13/h1-4H2,(H,14,15). The summed E-state index contributed by atoms with van der Waals surface area (Å²) >= 11 is 0. The lowest BCUT2D eigenvalue weighted by Crippen LogP contribution is -2.56.